The first-order chi connectivity index (χ1) is 13.0. The van der Waals surface area contributed by atoms with E-state index in [0.717, 1.165) is 21.6 Å². The Morgan fingerprint density at radius 3 is 2.48 bits per heavy atom. The Morgan fingerprint density at radius 1 is 1.04 bits per heavy atom. The number of anilines is 1. The van der Waals surface area contributed by atoms with Crippen LogP contribution in [0.1, 0.15) is 12.2 Å². The van der Waals surface area contributed by atoms with E-state index in [-0.39, 0.29) is 24.6 Å². The average molecular weight is 380 g/mol. The number of aromatic nitrogens is 2. The molecule has 0 fully saturated rings. The number of carbonyl (C=O) groups excluding carboxylic acids is 2. The highest BCUT2D eigenvalue weighted by atomic mass is 32.2. The zero-order chi connectivity index (χ0) is 19.2. The van der Waals surface area contributed by atoms with Crippen molar-refractivity contribution < 1.29 is 9.59 Å². The predicted molar refractivity (Wildman–Crippen MR) is 108 cm³/mol. The molecule has 2 N–H and O–H groups in total. The van der Waals surface area contributed by atoms with E-state index in [0.29, 0.717) is 5.82 Å². The molecular weight excluding hydrogens is 360 g/mol. The van der Waals surface area contributed by atoms with Gasteiger partial charge in [-0.2, -0.15) is 0 Å². The van der Waals surface area contributed by atoms with Crippen molar-refractivity contribution in [3.05, 3.63) is 60.4 Å². The van der Waals surface area contributed by atoms with Gasteiger partial charge in [0.15, 0.2) is 0 Å². The van der Waals surface area contributed by atoms with Crippen molar-refractivity contribution in [3.63, 3.8) is 0 Å². The molecule has 3 rings (SSSR count). The molecule has 0 spiro atoms. The number of para-hydroxylation sites is 2. The lowest BCUT2D eigenvalue weighted by Crippen LogP contribution is -2.35. The van der Waals surface area contributed by atoms with Crippen LogP contribution in [0.25, 0.3) is 10.9 Å². The monoisotopic (exact) mass is 380 g/mol. The number of thioether (sulfide) groups is 1. The Kier molecular flexibility index (Phi) is 6.03. The quantitative estimate of drug-likeness (QED) is 0.503. The highest BCUT2D eigenvalue weighted by Gasteiger charge is 2.18. The van der Waals surface area contributed by atoms with Crippen molar-refractivity contribution in [1.29, 1.82) is 0 Å². The lowest BCUT2D eigenvalue weighted by atomic mass is 10.2. The molecule has 0 saturated carbocycles. The molecule has 0 aliphatic rings. The molecule has 0 radical (unpaired) electrons. The SMILES string of the molecule is Cc1nc(SCC(=O)N(CCC(N)=O)c2ccccc2)c2ccccc2n1. The first kappa shape index (κ1) is 18.8. The molecule has 0 unspecified atom stereocenters. The average Bonchev–Trinajstić information content (AvgIpc) is 2.66. The van der Waals surface area contributed by atoms with Gasteiger partial charge in [0.05, 0.1) is 11.3 Å². The number of fused-ring (bicyclic) bond motifs is 1. The lowest BCUT2D eigenvalue weighted by Gasteiger charge is -2.22. The van der Waals surface area contributed by atoms with Gasteiger partial charge in [0.1, 0.15) is 10.9 Å². The molecule has 7 heteroatoms. The number of aryl methyl sites for hydroxylation is 1. The number of rotatable bonds is 7. The fourth-order valence-electron chi connectivity index (χ4n) is 2.70. The summed E-state index contributed by atoms with van der Waals surface area (Å²) in [5.74, 6) is 0.326. The van der Waals surface area contributed by atoms with Crippen LogP contribution in [0.5, 0.6) is 0 Å². The highest BCUT2D eigenvalue weighted by Crippen LogP contribution is 2.26. The van der Waals surface area contributed by atoms with Crippen LogP contribution in [-0.4, -0.2) is 34.1 Å². The fraction of sp³-hybridized carbons (Fsp3) is 0.200. The number of primary amides is 1. The number of carbonyl (C=O) groups is 2. The van der Waals surface area contributed by atoms with Crippen molar-refractivity contribution in [3.8, 4) is 0 Å². The Morgan fingerprint density at radius 2 is 1.74 bits per heavy atom. The third-order valence-electron chi connectivity index (χ3n) is 3.96. The molecule has 2 aromatic carbocycles. The van der Waals surface area contributed by atoms with Gasteiger partial charge in [0.2, 0.25) is 11.8 Å². The molecule has 1 heterocycles. The van der Waals surface area contributed by atoms with Crippen LogP contribution >= 0.6 is 11.8 Å². The summed E-state index contributed by atoms with van der Waals surface area (Å²) in [6.07, 6.45) is 0.112. The van der Waals surface area contributed by atoms with E-state index < -0.39 is 5.91 Å². The second kappa shape index (κ2) is 8.64. The fourth-order valence-corrected chi connectivity index (χ4v) is 3.65. The van der Waals surface area contributed by atoms with E-state index in [4.69, 9.17) is 5.73 Å². The molecule has 0 aliphatic carbocycles. The maximum atomic E-state index is 12.9. The van der Waals surface area contributed by atoms with Gasteiger partial charge in [-0.1, -0.05) is 48.2 Å². The maximum absolute atomic E-state index is 12.9. The van der Waals surface area contributed by atoms with Crippen LogP contribution in [0.15, 0.2) is 59.6 Å². The van der Waals surface area contributed by atoms with Gasteiger partial charge in [-0.15, -0.1) is 0 Å². The van der Waals surface area contributed by atoms with Crippen LogP contribution < -0.4 is 10.6 Å². The number of nitrogens with two attached hydrogens (primary N) is 1. The Bertz CT molecular complexity index is 963. The number of hydrogen-bond donors (Lipinski definition) is 1. The van der Waals surface area contributed by atoms with E-state index in [1.54, 1.807) is 4.90 Å². The molecule has 0 aliphatic heterocycles. The van der Waals surface area contributed by atoms with Crippen LogP contribution in [0, 0.1) is 6.92 Å². The molecule has 27 heavy (non-hydrogen) atoms. The number of nitrogens with zero attached hydrogens (tertiary/aromatic N) is 3. The largest absolute Gasteiger partial charge is 0.370 e. The minimum absolute atomic E-state index is 0.104. The van der Waals surface area contributed by atoms with Gasteiger partial charge in [-0.25, -0.2) is 9.97 Å². The smallest absolute Gasteiger partial charge is 0.237 e. The summed E-state index contributed by atoms with van der Waals surface area (Å²) in [4.78, 5) is 34.5. The predicted octanol–water partition coefficient (Wildman–Crippen LogP) is 2.94. The zero-order valence-corrected chi connectivity index (χ0v) is 15.8. The number of amides is 2. The van der Waals surface area contributed by atoms with Crippen LogP contribution in [0.4, 0.5) is 5.69 Å². The van der Waals surface area contributed by atoms with Crippen molar-refractivity contribution in [2.75, 3.05) is 17.2 Å². The Hall–Kier alpha value is -2.93. The Labute approximate surface area is 161 Å². The van der Waals surface area contributed by atoms with E-state index in [1.165, 1.54) is 11.8 Å². The minimum atomic E-state index is -0.436. The molecule has 1 aromatic heterocycles. The van der Waals surface area contributed by atoms with Crippen LogP contribution in [0.2, 0.25) is 0 Å². The van der Waals surface area contributed by atoms with E-state index in [1.807, 2.05) is 61.5 Å². The first-order valence-electron chi connectivity index (χ1n) is 8.54. The number of benzene rings is 2. The second-order valence-electron chi connectivity index (χ2n) is 5.98. The summed E-state index contributed by atoms with van der Waals surface area (Å²) < 4.78 is 0. The van der Waals surface area contributed by atoms with Crippen molar-refractivity contribution >= 4 is 40.2 Å². The third kappa shape index (κ3) is 4.83. The van der Waals surface area contributed by atoms with Gasteiger partial charge in [-0.3, -0.25) is 9.59 Å². The molecule has 0 saturated heterocycles. The summed E-state index contributed by atoms with van der Waals surface area (Å²) in [7, 11) is 0. The van der Waals surface area contributed by atoms with Gasteiger partial charge in [0.25, 0.3) is 0 Å². The van der Waals surface area contributed by atoms with Crippen LogP contribution in [0.3, 0.4) is 0 Å². The second-order valence-corrected chi connectivity index (χ2v) is 6.94. The molecule has 0 atom stereocenters. The molecule has 3 aromatic rings. The third-order valence-corrected chi connectivity index (χ3v) is 4.94. The van der Waals surface area contributed by atoms with Gasteiger partial charge < -0.3 is 10.6 Å². The first-order valence-corrected chi connectivity index (χ1v) is 9.53. The van der Waals surface area contributed by atoms with E-state index >= 15 is 0 Å². The molecule has 6 nitrogen and oxygen atoms in total. The summed E-state index contributed by atoms with van der Waals surface area (Å²) in [6, 6.07) is 17.0. The Balaban J connectivity index is 1.79. The van der Waals surface area contributed by atoms with Crippen molar-refractivity contribution in [2.24, 2.45) is 5.73 Å². The summed E-state index contributed by atoms with van der Waals surface area (Å²) >= 11 is 1.37. The van der Waals surface area contributed by atoms with Crippen molar-refractivity contribution in [1.82, 2.24) is 9.97 Å². The topological polar surface area (TPSA) is 89.2 Å². The summed E-state index contributed by atoms with van der Waals surface area (Å²) in [6.45, 7) is 2.09. The molecule has 138 valence electrons. The lowest BCUT2D eigenvalue weighted by molar-refractivity contribution is -0.118. The zero-order valence-electron chi connectivity index (χ0n) is 15.0. The highest BCUT2D eigenvalue weighted by molar-refractivity contribution is 8.00. The van der Waals surface area contributed by atoms with E-state index in [9.17, 15) is 9.59 Å². The minimum Gasteiger partial charge on any atom is -0.370 e. The summed E-state index contributed by atoms with van der Waals surface area (Å²) in [5.41, 5.74) is 6.86. The molecule has 2 amide bonds. The van der Waals surface area contributed by atoms with Gasteiger partial charge in [-0.05, 0) is 25.1 Å². The van der Waals surface area contributed by atoms with Crippen LogP contribution in [-0.2, 0) is 9.59 Å². The van der Waals surface area contributed by atoms with Gasteiger partial charge >= 0.3 is 0 Å². The maximum Gasteiger partial charge on any atom is 0.237 e. The van der Waals surface area contributed by atoms with Crippen molar-refractivity contribution in [2.45, 2.75) is 18.4 Å². The number of hydrogen-bond acceptors (Lipinski definition) is 5. The summed E-state index contributed by atoms with van der Waals surface area (Å²) in [5, 5.41) is 1.69. The molecule has 0 bridgehead atoms. The standard InChI is InChI=1S/C20H20N4O2S/c1-14-22-17-10-6-5-9-16(17)20(23-14)27-13-19(26)24(12-11-18(21)25)15-7-3-2-4-8-15/h2-10H,11-13H2,1H3,(H2,21,25). The normalized spacial score (nSPS) is 10.7. The van der Waals surface area contributed by atoms with Gasteiger partial charge in [0, 0.05) is 24.0 Å². The van der Waals surface area contributed by atoms with E-state index in [2.05, 4.69) is 9.97 Å². The molecular formula is C20H20N4O2S.